The molecule has 4 aromatic rings. The highest BCUT2D eigenvalue weighted by Gasteiger charge is 2.26. The Labute approximate surface area is 157 Å². The fourth-order valence-electron chi connectivity index (χ4n) is 3.48. The van der Waals surface area contributed by atoms with Gasteiger partial charge in [-0.05, 0) is 44.2 Å². The maximum atomic E-state index is 14.8. The minimum absolute atomic E-state index is 0.0496. The Hall–Kier alpha value is -3.68. The molecule has 2 heterocycles. The highest BCUT2D eigenvalue weighted by molar-refractivity contribution is 6.08. The number of phenols is 1. The number of fused-ring (bicyclic) bond motifs is 1. The second kappa shape index (κ2) is 6.49. The second-order valence-corrected chi connectivity index (χ2v) is 6.34. The summed E-state index contributed by atoms with van der Waals surface area (Å²) < 4.78 is 35.7. The molecule has 2 aromatic heterocycles. The molecule has 8 heteroatoms. The van der Waals surface area contributed by atoms with Crippen molar-refractivity contribution in [1.82, 2.24) is 9.72 Å². The van der Waals surface area contributed by atoms with E-state index >= 15 is 0 Å². The highest BCUT2D eigenvalue weighted by Crippen LogP contribution is 2.40. The van der Waals surface area contributed by atoms with E-state index < -0.39 is 11.6 Å². The summed E-state index contributed by atoms with van der Waals surface area (Å²) in [5.41, 5.74) is 2.55. The molecule has 0 atom stereocenters. The number of aromatic hydroxyl groups is 1. The van der Waals surface area contributed by atoms with Crippen LogP contribution in [0.3, 0.4) is 0 Å². The summed E-state index contributed by atoms with van der Waals surface area (Å²) in [6, 6.07) is 8.12. The van der Waals surface area contributed by atoms with Crippen molar-refractivity contribution in [3.63, 3.8) is 0 Å². The van der Waals surface area contributed by atoms with E-state index in [0.717, 1.165) is 12.3 Å². The molecule has 28 heavy (non-hydrogen) atoms. The molecule has 0 amide bonds. The van der Waals surface area contributed by atoms with Gasteiger partial charge in [-0.15, -0.1) is 0 Å². The van der Waals surface area contributed by atoms with Crippen molar-refractivity contribution in [1.29, 1.82) is 0 Å². The van der Waals surface area contributed by atoms with Crippen LogP contribution in [-0.2, 0) is 0 Å². The molecule has 4 rings (SSSR count). The van der Waals surface area contributed by atoms with Gasteiger partial charge >= 0.3 is 0 Å². The van der Waals surface area contributed by atoms with Crippen molar-refractivity contribution < 1.29 is 23.6 Å². The van der Waals surface area contributed by atoms with Crippen molar-refractivity contribution in [2.24, 2.45) is 5.16 Å². The highest BCUT2D eigenvalue weighted by atomic mass is 19.1. The van der Waals surface area contributed by atoms with E-state index in [4.69, 9.17) is 4.52 Å². The molecule has 0 fully saturated rings. The van der Waals surface area contributed by atoms with E-state index in [0.29, 0.717) is 28.4 Å². The normalized spacial score (nSPS) is 11.7. The molecule has 0 radical (unpaired) electrons. The number of rotatable bonds is 3. The zero-order chi connectivity index (χ0) is 20.0. The van der Waals surface area contributed by atoms with Gasteiger partial charge in [-0.3, -0.25) is 0 Å². The number of hydrogen-bond donors (Lipinski definition) is 2. The molecule has 0 unspecified atom stereocenters. The standard InChI is InChI=1S/C20H15F2N3O3/c1-10-18(11(2)28-24-10)20-15(9-23-27)19-16(22)7-12(21)8-17(19)25(20)13-3-5-14(26)6-4-13/h3-9,26-27H,1-2H3. The van der Waals surface area contributed by atoms with Crippen LogP contribution in [0, 0.1) is 25.5 Å². The van der Waals surface area contributed by atoms with Crippen LogP contribution in [0.4, 0.5) is 8.78 Å². The zero-order valence-electron chi connectivity index (χ0n) is 14.9. The quantitative estimate of drug-likeness (QED) is 0.305. The Morgan fingerprint density at radius 3 is 2.46 bits per heavy atom. The average Bonchev–Trinajstić information content (AvgIpc) is 3.13. The zero-order valence-corrected chi connectivity index (χ0v) is 14.9. The lowest BCUT2D eigenvalue weighted by atomic mass is 10.0. The van der Waals surface area contributed by atoms with Gasteiger partial charge in [0.1, 0.15) is 23.1 Å². The number of aryl methyl sites for hydroxylation is 2. The number of phenolic OH excluding ortho intramolecular Hbond substituents is 1. The van der Waals surface area contributed by atoms with Gasteiger partial charge in [-0.1, -0.05) is 10.3 Å². The molecular formula is C20H15F2N3O3. The molecule has 0 aliphatic heterocycles. The Morgan fingerprint density at radius 1 is 1.14 bits per heavy atom. The van der Waals surface area contributed by atoms with Crippen LogP contribution in [-0.4, -0.2) is 26.3 Å². The van der Waals surface area contributed by atoms with Gasteiger partial charge in [0.25, 0.3) is 0 Å². The molecule has 0 saturated heterocycles. The summed E-state index contributed by atoms with van der Waals surface area (Å²) in [7, 11) is 0. The minimum atomic E-state index is -0.796. The van der Waals surface area contributed by atoms with Crippen molar-refractivity contribution in [3.8, 4) is 22.7 Å². The van der Waals surface area contributed by atoms with E-state index in [1.54, 1.807) is 30.5 Å². The summed E-state index contributed by atoms with van der Waals surface area (Å²) in [4.78, 5) is 0. The van der Waals surface area contributed by atoms with Gasteiger partial charge in [0.15, 0.2) is 0 Å². The van der Waals surface area contributed by atoms with Gasteiger partial charge in [0.2, 0.25) is 0 Å². The van der Waals surface area contributed by atoms with Gasteiger partial charge in [-0.25, -0.2) is 8.78 Å². The van der Waals surface area contributed by atoms with Crippen LogP contribution in [0.1, 0.15) is 17.0 Å². The van der Waals surface area contributed by atoms with Gasteiger partial charge < -0.3 is 19.4 Å². The Morgan fingerprint density at radius 2 is 1.86 bits per heavy atom. The average molecular weight is 383 g/mol. The Kier molecular flexibility index (Phi) is 4.11. The number of aromatic nitrogens is 2. The first-order valence-electron chi connectivity index (χ1n) is 8.36. The number of halogens is 2. The summed E-state index contributed by atoms with van der Waals surface area (Å²) >= 11 is 0. The summed E-state index contributed by atoms with van der Waals surface area (Å²) in [6.07, 6.45) is 1.10. The maximum absolute atomic E-state index is 14.8. The van der Waals surface area contributed by atoms with Crippen LogP contribution < -0.4 is 0 Å². The largest absolute Gasteiger partial charge is 0.508 e. The van der Waals surface area contributed by atoms with Crippen LogP contribution in [0.5, 0.6) is 5.75 Å². The predicted molar refractivity (Wildman–Crippen MR) is 99.2 cm³/mol. The van der Waals surface area contributed by atoms with Crippen LogP contribution >= 0.6 is 0 Å². The van der Waals surface area contributed by atoms with Crippen LogP contribution in [0.15, 0.2) is 46.1 Å². The fraction of sp³-hybridized carbons (Fsp3) is 0.100. The lowest BCUT2D eigenvalue weighted by Crippen LogP contribution is -1.99. The molecule has 0 bridgehead atoms. The summed E-state index contributed by atoms with van der Waals surface area (Å²) in [5, 5.41) is 25.9. The van der Waals surface area contributed by atoms with Crippen molar-refractivity contribution in [2.45, 2.75) is 13.8 Å². The molecular weight excluding hydrogens is 368 g/mol. The third-order valence-electron chi connectivity index (χ3n) is 4.59. The molecule has 0 aliphatic carbocycles. The SMILES string of the molecule is Cc1noc(C)c1-c1c(C=NO)c2c(F)cc(F)cc2n1-c1ccc(O)cc1. The van der Waals surface area contributed by atoms with Crippen LogP contribution in [0.25, 0.3) is 27.8 Å². The topological polar surface area (TPSA) is 83.8 Å². The van der Waals surface area contributed by atoms with E-state index in [1.165, 1.54) is 18.2 Å². The van der Waals surface area contributed by atoms with Crippen molar-refractivity contribution in [3.05, 3.63) is 65.1 Å². The minimum Gasteiger partial charge on any atom is -0.508 e. The van der Waals surface area contributed by atoms with E-state index in [-0.39, 0.29) is 22.2 Å². The monoisotopic (exact) mass is 383 g/mol. The molecule has 2 N–H and O–H groups in total. The van der Waals surface area contributed by atoms with Crippen molar-refractivity contribution in [2.75, 3.05) is 0 Å². The maximum Gasteiger partial charge on any atom is 0.143 e. The number of hydrogen-bond acceptors (Lipinski definition) is 5. The lowest BCUT2D eigenvalue weighted by molar-refractivity contribution is 0.322. The number of nitrogens with zero attached hydrogens (tertiary/aromatic N) is 3. The third kappa shape index (κ3) is 2.61. The van der Waals surface area contributed by atoms with E-state index in [1.807, 2.05) is 0 Å². The molecule has 2 aromatic carbocycles. The first-order valence-corrected chi connectivity index (χ1v) is 8.36. The Balaban J connectivity index is 2.25. The van der Waals surface area contributed by atoms with Gasteiger partial charge in [-0.2, -0.15) is 0 Å². The molecule has 0 aliphatic rings. The first-order chi connectivity index (χ1) is 13.4. The van der Waals surface area contributed by atoms with Crippen molar-refractivity contribution >= 4 is 17.1 Å². The lowest BCUT2D eigenvalue weighted by Gasteiger charge is -2.12. The smallest absolute Gasteiger partial charge is 0.143 e. The second-order valence-electron chi connectivity index (χ2n) is 6.34. The summed E-state index contributed by atoms with van der Waals surface area (Å²) in [6.45, 7) is 3.42. The van der Waals surface area contributed by atoms with Gasteiger partial charge in [0.05, 0.1) is 28.7 Å². The fourth-order valence-corrected chi connectivity index (χ4v) is 3.48. The van der Waals surface area contributed by atoms with Gasteiger partial charge in [0, 0.05) is 22.7 Å². The molecule has 0 saturated carbocycles. The Bertz CT molecular complexity index is 1200. The van der Waals surface area contributed by atoms with E-state index in [9.17, 15) is 19.1 Å². The molecule has 0 spiro atoms. The van der Waals surface area contributed by atoms with Crippen LogP contribution in [0.2, 0.25) is 0 Å². The molecule has 142 valence electrons. The number of oxime groups is 1. The summed E-state index contributed by atoms with van der Waals surface area (Å²) in [5.74, 6) is -1.03. The molecule has 6 nitrogen and oxygen atoms in total. The van der Waals surface area contributed by atoms with E-state index in [2.05, 4.69) is 10.3 Å². The predicted octanol–water partition coefficient (Wildman–Crippen LogP) is 4.69. The first kappa shape index (κ1) is 17.7. The third-order valence-corrected chi connectivity index (χ3v) is 4.59. The number of benzene rings is 2.